The molecule has 0 unspecified atom stereocenters. The summed E-state index contributed by atoms with van der Waals surface area (Å²) >= 11 is 0. The molecule has 3 N–H and O–H groups in total. The lowest BCUT2D eigenvalue weighted by atomic mass is 10.0. The van der Waals surface area contributed by atoms with Gasteiger partial charge in [0.2, 0.25) is 5.78 Å². The Kier molecular flexibility index (Phi) is 5.59. The van der Waals surface area contributed by atoms with Gasteiger partial charge >= 0.3 is 0 Å². The zero-order chi connectivity index (χ0) is 20.1. The Hall–Kier alpha value is -3.81. The van der Waals surface area contributed by atoms with Crippen molar-refractivity contribution < 1.29 is 14.4 Å². The molecule has 142 valence electrons. The van der Waals surface area contributed by atoms with Gasteiger partial charge < -0.3 is 11.1 Å². The normalized spacial score (nSPS) is 11.6. The number of nitrogens with zero attached hydrogens (tertiary/aromatic N) is 3. The number of benzene rings is 1. The monoisotopic (exact) mass is 377 g/mol. The summed E-state index contributed by atoms with van der Waals surface area (Å²) in [4.78, 5) is 40.8. The molecule has 0 bridgehead atoms. The van der Waals surface area contributed by atoms with E-state index in [1.54, 1.807) is 43.6 Å². The van der Waals surface area contributed by atoms with Gasteiger partial charge in [-0.05, 0) is 17.7 Å². The molecule has 1 atom stereocenters. The highest BCUT2D eigenvalue weighted by atomic mass is 16.2. The smallest absolute Gasteiger partial charge is 0.287 e. The summed E-state index contributed by atoms with van der Waals surface area (Å²) in [6.45, 7) is 0. The molecule has 3 aromatic rings. The van der Waals surface area contributed by atoms with E-state index in [0.29, 0.717) is 11.4 Å². The van der Waals surface area contributed by atoms with Crippen LogP contribution in [0.5, 0.6) is 0 Å². The molecule has 0 aliphatic carbocycles. The number of Topliss-reactive ketones (excluding diaryl/α,β-unsaturated/α-hetero) is 1. The van der Waals surface area contributed by atoms with Gasteiger partial charge in [0, 0.05) is 25.9 Å². The predicted octanol–water partition coefficient (Wildman–Crippen LogP) is 0.878. The largest absolute Gasteiger partial charge is 0.363 e. The van der Waals surface area contributed by atoms with Crippen LogP contribution < -0.4 is 11.1 Å². The van der Waals surface area contributed by atoms with Crippen molar-refractivity contribution >= 4 is 17.6 Å². The van der Waals surface area contributed by atoms with Gasteiger partial charge in [-0.1, -0.05) is 36.4 Å². The van der Waals surface area contributed by atoms with Crippen molar-refractivity contribution in [1.82, 2.24) is 20.1 Å². The minimum absolute atomic E-state index is 0.146. The van der Waals surface area contributed by atoms with Gasteiger partial charge in [0.05, 0.1) is 11.3 Å². The van der Waals surface area contributed by atoms with Crippen LogP contribution in [0.15, 0.2) is 60.9 Å². The van der Waals surface area contributed by atoms with E-state index in [2.05, 4.69) is 15.4 Å². The predicted molar refractivity (Wildman–Crippen MR) is 102 cm³/mol. The van der Waals surface area contributed by atoms with Crippen molar-refractivity contribution in [2.75, 3.05) is 0 Å². The average molecular weight is 377 g/mol. The number of amides is 2. The maximum Gasteiger partial charge on any atom is 0.287 e. The zero-order valence-electron chi connectivity index (χ0n) is 15.2. The average Bonchev–Trinajstić information content (AvgIpc) is 3.10. The number of aryl methyl sites for hydroxylation is 1. The fraction of sp³-hybridized carbons (Fsp3) is 0.150. The number of hydrogen-bond donors (Lipinski definition) is 2. The van der Waals surface area contributed by atoms with Gasteiger partial charge in [-0.2, -0.15) is 5.10 Å². The van der Waals surface area contributed by atoms with Crippen molar-refractivity contribution in [3.05, 3.63) is 72.1 Å². The van der Waals surface area contributed by atoms with Crippen LogP contribution in [-0.2, 0) is 23.1 Å². The number of primary amides is 1. The van der Waals surface area contributed by atoms with E-state index in [0.717, 1.165) is 5.56 Å². The number of pyridine rings is 1. The number of carbonyl (C=O) groups excluding carboxylic acids is 3. The first-order valence-electron chi connectivity index (χ1n) is 8.59. The first kappa shape index (κ1) is 19.0. The molecular weight excluding hydrogens is 358 g/mol. The Morgan fingerprint density at radius 2 is 1.82 bits per heavy atom. The van der Waals surface area contributed by atoms with Crippen molar-refractivity contribution in [3.63, 3.8) is 0 Å². The van der Waals surface area contributed by atoms with Gasteiger partial charge in [-0.3, -0.25) is 24.0 Å². The van der Waals surface area contributed by atoms with Crippen LogP contribution in [0.4, 0.5) is 0 Å². The third-order valence-corrected chi connectivity index (χ3v) is 4.13. The first-order valence-corrected chi connectivity index (χ1v) is 8.59. The summed E-state index contributed by atoms with van der Waals surface area (Å²) < 4.78 is 1.49. The SMILES string of the molecule is Cn1cc(C(=O)N[C@@H](Cc2ccccc2)C(=O)C(N)=O)c(-c2ccccn2)n1. The topological polar surface area (TPSA) is 120 Å². The van der Waals surface area contributed by atoms with E-state index in [4.69, 9.17) is 5.73 Å². The van der Waals surface area contributed by atoms with Crippen molar-refractivity contribution in [1.29, 1.82) is 0 Å². The van der Waals surface area contributed by atoms with E-state index in [9.17, 15) is 14.4 Å². The second-order valence-corrected chi connectivity index (χ2v) is 6.22. The Morgan fingerprint density at radius 1 is 1.11 bits per heavy atom. The number of carbonyl (C=O) groups is 3. The molecular formula is C20H19N5O3. The maximum absolute atomic E-state index is 12.9. The van der Waals surface area contributed by atoms with Gasteiger partial charge in [0.25, 0.3) is 11.8 Å². The molecule has 1 aromatic carbocycles. The van der Waals surface area contributed by atoms with Crippen LogP contribution in [0.25, 0.3) is 11.4 Å². The summed E-state index contributed by atoms with van der Waals surface area (Å²) in [7, 11) is 1.68. The Bertz CT molecular complexity index is 999. The van der Waals surface area contributed by atoms with Gasteiger partial charge in [-0.25, -0.2) is 0 Å². The van der Waals surface area contributed by atoms with Crippen LogP contribution in [0.2, 0.25) is 0 Å². The molecule has 0 aliphatic rings. The van der Waals surface area contributed by atoms with Crippen molar-refractivity contribution in [2.45, 2.75) is 12.5 Å². The third-order valence-electron chi connectivity index (χ3n) is 4.13. The second kappa shape index (κ2) is 8.26. The number of hydrogen-bond acceptors (Lipinski definition) is 5. The highest BCUT2D eigenvalue weighted by Gasteiger charge is 2.27. The van der Waals surface area contributed by atoms with Gasteiger partial charge in [-0.15, -0.1) is 0 Å². The lowest BCUT2D eigenvalue weighted by Gasteiger charge is -2.16. The quantitative estimate of drug-likeness (QED) is 0.592. The van der Waals surface area contributed by atoms with Gasteiger partial charge in [0.15, 0.2) is 0 Å². The van der Waals surface area contributed by atoms with Crippen LogP contribution in [-0.4, -0.2) is 38.4 Å². The highest BCUT2D eigenvalue weighted by Crippen LogP contribution is 2.19. The summed E-state index contributed by atoms with van der Waals surface area (Å²) in [5.41, 5.74) is 7.10. The summed E-state index contributed by atoms with van der Waals surface area (Å²) in [5.74, 6) is -2.50. The number of aromatic nitrogens is 3. The highest BCUT2D eigenvalue weighted by molar-refractivity contribution is 6.38. The molecule has 0 saturated heterocycles. The molecule has 2 aromatic heterocycles. The molecule has 8 heteroatoms. The second-order valence-electron chi connectivity index (χ2n) is 6.22. The minimum Gasteiger partial charge on any atom is -0.363 e. The Morgan fingerprint density at radius 3 is 2.46 bits per heavy atom. The third kappa shape index (κ3) is 4.29. The lowest BCUT2D eigenvalue weighted by Crippen LogP contribution is -2.47. The van der Waals surface area contributed by atoms with E-state index in [1.807, 2.05) is 18.2 Å². The molecule has 0 radical (unpaired) electrons. The lowest BCUT2D eigenvalue weighted by molar-refractivity contribution is -0.137. The van der Waals surface area contributed by atoms with Crippen LogP contribution in [0, 0.1) is 0 Å². The number of nitrogens with one attached hydrogen (secondary N) is 1. The fourth-order valence-corrected chi connectivity index (χ4v) is 2.81. The molecule has 0 aliphatic heterocycles. The molecule has 2 heterocycles. The van der Waals surface area contributed by atoms with E-state index >= 15 is 0 Å². The first-order chi connectivity index (χ1) is 13.5. The molecule has 8 nitrogen and oxygen atoms in total. The molecule has 28 heavy (non-hydrogen) atoms. The molecule has 2 amide bonds. The summed E-state index contributed by atoms with van der Waals surface area (Å²) in [5, 5.41) is 6.91. The van der Waals surface area contributed by atoms with Crippen molar-refractivity contribution in [2.24, 2.45) is 12.8 Å². The number of rotatable bonds is 7. The van der Waals surface area contributed by atoms with E-state index in [-0.39, 0.29) is 12.0 Å². The van der Waals surface area contributed by atoms with Crippen LogP contribution >= 0.6 is 0 Å². The number of nitrogens with two attached hydrogens (primary N) is 1. The standard InChI is InChI=1S/C20H19N5O3/c1-25-12-14(17(24-25)15-9-5-6-10-22-15)20(28)23-16(18(26)19(21)27)11-13-7-3-2-4-8-13/h2-10,12,16H,11H2,1H3,(H2,21,27)(H,23,28)/t16-/m0/s1. The van der Waals surface area contributed by atoms with Crippen molar-refractivity contribution in [3.8, 4) is 11.4 Å². The summed E-state index contributed by atoms with van der Waals surface area (Å²) in [6.07, 6.45) is 3.28. The van der Waals surface area contributed by atoms with Crippen LogP contribution in [0.3, 0.4) is 0 Å². The molecule has 3 rings (SSSR count). The Labute approximate surface area is 161 Å². The Balaban J connectivity index is 1.88. The van der Waals surface area contributed by atoms with E-state index < -0.39 is 23.6 Å². The zero-order valence-corrected chi connectivity index (χ0v) is 15.2. The minimum atomic E-state index is -1.10. The fourth-order valence-electron chi connectivity index (χ4n) is 2.81. The maximum atomic E-state index is 12.9. The molecule has 0 saturated carbocycles. The van der Waals surface area contributed by atoms with Gasteiger partial charge in [0.1, 0.15) is 11.7 Å². The molecule has 0 fully saturated rings. The van der Waals surface area contributed by atoms with E-state index in [1.165, 1.54) is 10.9 Å². The van der Waals surface area contributed by atoms with Crippen LogP contribution in [0.1, 0.15) is 15.9 Å². The molecule has 0 spiro atoms. The number of ketones is 1. The summed E-state index contributed by atoms with van der Waals surface area (Å²) in [6, 6.07) is 13.3.